The van der Waals surface area contributed by atoms with Crippen LogP contribution in [0.3, 0.4) is 0 Å². The molecule has 106 valence electrons. The van der Waals surface area contributed by atoms with Gasteiger partial charge in [0.25, 0.3) is 0 Å². The highest BCUT2D eigenvalue weighted by Gasteiger charge is 2.27. The average Bonchev–Trinajstić information content (AvgIpc) is 3.08. The minimum atomic E-state index is 0.0395. The number of urea groups is 1. The largest absolute Gasteiger partial charge is 0.467 e. The Morgan fingerprint density at radius 3 is 2.84 bits per heavy atom. The van der Waals surface area contributed by atoms with Crippen LogP contribution in [0, 0.1) is 0 Å². The van der Waals surface area contributed by atoms with E-state index in [1.807, 2.05) is 24.0 Å². The Balaban J connectivity index is 2.02. The van der Waals surface area contributed by atoms with Crippen molar-refractivity contribution in [3.8, 4) is 0 Å². The summed E-state index contributed by atoms with van der Waals surface area (Å²) in [5, 5.41) is 3.06. The number of nitrogens with zero attached hydrogens (tertiary/aromatic N) is 1. The van der Waals surface area contributed by atoms with Gasteiger partial charge in [-0.15, -0.1) is 0 Å². The van der Waals surface area contributed by atoms with Crippen LogP contribution in [0.2, 0.25) is 0 Å². The van der Waals surface area contributed by atoms with Crippen LogP contribution in [0.15, 0.2) is 22.8 Å². The highest BCUT2D eigenvalue weighted by molar-refractivity contribution is 5.74. The summed E-state index contributed by atoms with van der Waals surface area (Å²) in [5.74, 6) is 0.853. The van der Waals surface area contributed by atoms with E-state index in [1.54, 1.807) is 6.26 Å². The fourth-order valence-corrected chi connectivity index (χ4v) is 2.55. The van der Waals surface area contributed by atoms with Crippen molar-refractivity contribution < 1.29 is 9.21 Å². The van der Waals surface area contributed by atoms with Crippen LogP contribution in [-0.4, -0.2) is 23.0 Å². The van der Waals surface area contributed by atoms with E-state index in [0.29, 0.717) is 12.6 Å². The van der Waals surface area contributed by atoms with Gasteiger partial charge in [0.1, 0.15) is 5.76 Å². The fourth-order valence-electron chi connectivity index (χ4n) is 2.55. The zero-order chi connectivity index (χ0) is 13.7. The summed E-state index contributed by atoms with van der Waals surface area (Å²) in [5.41, 5.74) is 0. The minimum absolute atomic E-state index is 0.0395. The summed E-state index contributed by atoms with van der Waals surface area (Å²) in [6, 6.07) is 4.41. The lowest BCUT2D eigenvalue weighted by Crippen LogP contribution is -2.47. The molecule has 1 aliphatic carbocycles. The maximum absolute atomic E-state index is 12.4. The molecule has 4 nitrogen and oxygen atoms in total. The molecule has 1 fully saturated rings. The van der Waals surface area contributed by atoms with E-state index in [2.05, 4.69) is 12.2 Å². The molecule has 0 radical (unpaired) electrons. The third-order valence-electron chi connectivity index (χ3n) is 3.91. The molecule has 1 aromatic rings. The molecule has 0 aromatic carbocycles. The Bertz CT molecular complexity index is 383. The van der Waals surface area contributed by atoms with Gasteiger partial charge < -0.3 is 14.6 Å². The molecule has 2 amide bonds. The summed E-state index contributed by atoms with van der Waals surface area (Å²) in [4.78, 5) is 14.3. The number of hydrogen-bond donors (Lipinski definition) is 1. The number of nitrogens with one attached hydrogen (secondary N) is 1. The van der Waals surface area contributed by atoms with Crippen molar-refractivity contribution in [2.24, 2.45) is 0 Å². The quantitative estimate of drug-likeness (QED) is 0.884. The van der Waals surface area contributed by atoms with Gasteiger partial charge in [-0.05, 0) is 38.3 Å². The summed E-state index contributed by atoms with van der Waals surface area (Å²) in [6.45, 7) is 4.69. The van der Waals surface area contributed by atoms with Gasteiger partial charge in [0.15, 0.2) is 0 Å². The Morgan fingerprint density at radius 2 is 2.26 bits per heavy atom. The van der Waals surface area contributed by atoms with Crippen LogP contribution in [-0.2, 0) is 6.54 Å². The number of furan rings is 1. The molecule has 2 rings (SSSR count). The molecule has 1 N–H and O–H groups in total. The predicted octanol–water partition coefficient (Wildman–Crippen LogP) is 3.53. The molecule has 1 aliphatic rings. The molecule has 0 spiro atoms. The molecular weight excluding hydrogens is 240 g/mol. The fraction of sp³-hybridized carbons (Fsp3) is 0.667. The molecular formula is C15H24N2O2. The van der Waals surface area contributed by atoms with Crippen LogP contribution in [0.1, 0.15) is 51.7 Å². The lowest BCUT2D eigenvalue weighted by molar-refractivity contribution is 0.162. The number of rotatable bonds is 5. The minimum Gasteiger partial charge on any atom is -0.467 e. The molecule has 0 aliphatic heterocycles. The van der Waals surface area contributed by atoms with Crippen LogP contribution in [0.25, 0.3) is 0 Å². The molecule has 0 bridgehead atoms. The first-order valence-corrected chi connectivity index (χ1v) is 7.30. The lowest BCUT2D eigenvalue weighted by Gasteiger charge is -2.29. The number of carbonyl (C=O) groups is 1. The average molecular weight is 264 g/mol. The second kappa shape index (κ2) is 6.64. The monoisotopic (exact) mass is 264 g/mol. The van der Waals surface area contributed by atoms with Crippen molar-refractivity contribution in [1.29, 1.82) is 0 Å². The smallest absolute Gasteiger partial charge is 0.318 e. The Morgan fingerprint density at radius 1 is 1.53 bits per heavy atom. The first kappa shape index (κ1) is 14.0. The first-order chi connectivity index (χ1) is 9.20. The summed E-state index contributed by atoms with van der Waals surface area (Å²) in [6.07, 6.45) is 7.26. The van der Waals surface area contributed by atoms with Gasteiger partial charge in [0.2, 0.25) is 0 Å². The third-order valence-corrected chi connectivity index (χ3v) is 3.91. The van der Waals surface area contributed by atoms with Gasteiger partial charge in [0.05, 0.1) is 12.8 Å². The molecule has 1 aromatic heterocycles. The van der Waals surface area contributed by atoms with Gasteiger partial charge in [-0.25, -0.2) is 4.79 Å². The second-order valence-corrected chi connectivity index (χ2v) is 5.40. The molecule has 0 saturated heterocycles. The van der Waals surface area contributed by atoms with Crippen molar-refractivity contribution in [3.63, 3.8) is 0 Å². The second-order valence-electron chi connectivity index (χ2n) is 5.40. The molecule has 19 heavy (non-hydrogen) atoms. The van der Waals surface area contributed by atoms with E-state index >= 15 is 0 Å². The van der Waals surface area contributed by atoms with Crippen LogP contribution < -0.4 is 5.32 Å². The Kier molecular flexibility index (Phi) is 4.88. The lowest BCUT2D eigenvalue weighted by atomic mass is 10.2. The summed E-state index contributed by atoms with van der Waals surface area (Å²) < 4.78 is 5.38. The first-order valence-electron chi connectivity index (χ1n) is 7.30. The van der Waals surface area contributed by atoms with E-state index in [-0.39, 0.29) is 12.1 Å². The van der Waals surface area contributed by atoms with E-state index < -0.39 is 0 Å². The highest BCUT2D eigenvalue weighted by atomic mass is 16.3. The predicted molar refractivity (Wildman–Crippen MR) is 74.8 cm³/mol. The SMILES string of the molecule is CC[C@H](C)NC(=O)N(Cc1ccco1)C1CCCC1. The maximum Gasteiger partial charge on any atom is 0.318 e. The van der Waals surface area contributed by atoms with Crippen LogP contribution >= 0.6 is 0 Å². The van der Waals surface area contributed by atoms with E-state index in [0.717, 1.165) is 25.0 Å². The summed E-state index contributed by atoms with van der Waals surface area (Å²) >= 11 is 0. The van der Waals surface area contributed by atoms with Gasteiger partial charge in [0, 0.05) is 12.1 Å². The van der Waals surface area contributed by atoms with Crippen molar-refractivity contribution in [2.45, 2.75) is 64.6 Å². The molecule has 4 heteroatoms. The highest BCUT2D eigenvalue weighted by Crippen LogP contribution is 2.25. The Hall–Kier alpha value is -1.45. The zero-order valence-corrected chi connectivity index (χ0v) is 11.9. The number of hydrogen-bond acceptors (Lipinski definition) is 2. The van der Waals surface area contributed by atoms with Crippen molar-refractivity contribution in [3.05, 3.63) is 24.2 Å². The van der Waals surface area contributed by atoms with E-state index in [4.69, 9.17) is 4.42 Å². The number of amides is 2. The topological polar surface area (TPSA) is 45.5 Å². The van der Waals surface area contributed by atoms with Crippen LogP contribution in [0.4, 0.5) is 4.79 Å². The van der Waals surface area contributed by atoms with Crippen molar-refractivity contribution >= 4 is 6.03 Å². The summed E-state index contributed by atoms with van der Waals surface area (Å²) in [7, 11) is 0. The molecule has 0 unspecified atom stereocenters. The van der Waals surface area contributed by atoms with Crippen molar-refractivity contribution in [1.82, 2.24) is 10.2 Å². The van der Waals surface area contributed by atoms with Gasteiger partial charge in [-0.3, -0.25) is 0 Å². The van der Waals surface area contributed by atoms with E-state index in [1.165, 1.54) is 12.8 Å². The molecule has 1 atom stereocenters. The number of carbonyl (C=O) groups excluding carboxylic acids is 1. The zero-order valence-electron chi connectivity index (χ0n) is 11.9. The maximum atomic E-state index is 12.4. The standard InChI is InChI=1S/C15H24N2O2/c1-3-12(2)16-15(18)17(13-7-4-5-8-13)11-14-9-6-10-19-14/h6,9-10,12-13H,3-5,7-8,11H2,1-2H3,(H,16,18)/t12-/m0/s1. The van der Waals surface area contributed by atoms with E-state index in [9.17, 15) is 4.79 Å². The van der Waals surface area contributed by atoms with Crippen molar-refractivity contribution in [2.75, 3.05) is 0 Å². The Labute approximate surface area is 115 Å². The normalized spacial score (nSPS) is 17.4. The van der Waals surface area contributed by atoms with Gasteiger partial charge in [-0.1, -0.05) is 19.8 Å². The third kappa shape index (κ3) is 3.75. The molecule has 1 saturated carbocycles. The van der Waals surface area contributed by atoms with Gasteiger partial charge >= 0.3 is 6.03 Å². The van der Waals surface area contributed by atoms with Gasteiger partial charge in [-0.2, -0.15) is 0 Å². The molecule has 1 heterocycles. The van der Waals surface area contributed by atoms with Crippen LogP contribution in [0.5, 0.6) is 0 Å².